The van der Waals surface area contributed by atoms with Gasteiger partial charge in [-0.25, -0.2) is 0 Å². The first-order chi connectivity index (χ1) is 5.29. The minimum Gasteiger partial charge on any atom is -0.388 e. The van der Waals surface area contributed by atoms with E-state index in [-0.39, 0.29) is 12.1 Å². The van der Waals surface area contributed by atoms with Gasteiger partial charge in [-0.3, -0.25) is 0 Å². The number of benzene rings is 1. The third-order valence-corrected chi connectivity index (χ3v) is 2.23. The maximum atomic E-state index is 9.47. The minimum absolute atomic E-state index is 0.0289. The maximum Gasteiger partial charge on any atom is 0.0811 e. The molecule has 11 heavy (non-hydrogen) atoms. The highest BCUT2D eigenvalue weighted by Gasteiger charge is 2.25. The summed E-state index contributed by atoms with van der Waals surface area (Å²) in [6, 6.07) is 7.83. The van der Waals surface area contributed by atoms with E-state index in [2.05, 4.69) is 0 Å². The van der Waals surface area contributed by atoms with Crippen molar-refractivity contribution in [2.45, 2.75) is 18.6 Å². The van der Waals surface area contributed by atoms with Crippen LogP contribution in [-0.4, -0.2) is 5.11 Å². The molecule has 1 unspecified atom stereocenters. The molecular weight excluding hydrogens is 138 g/mol. The summed E-state index contributed by atoms with van der Waals surface area (Å²) >= 11 is 0. The predicted molar refractivity (Wildman–Crippen MR) is 42.9 cm³/mol. The van der Waals surface area contributed by atoms with Crippen LogP contribution < -0.4 is 5.73 Å². The van der Waals surface area contributed by atoms with Gasteiger partial charge in [-0.1, -0.05) is 24.3 Å². The summed E-state index contributed by atoms with van der Waals surface area (Å²) < 4.78 is 0. The molecule has 0 radical (unpaired) electrons. The van der Waals surface area contributed by atoms with E-state index in [4.69, 9.17) is 5.73 Å². The van der Waals surface area contributed by atoms with Gasteiger partial charge in [0.1, 0.15) is 0 Å². The van der Waals surface area contributed by atoms with E-state index >= 15 is 0 Å². The van der Waals surface area contributed by atoms with Gasteiger partial charge in [0, 0.05) is 6.04 Å². The van der Waals surface area contributed by atoms with Crippen molar-refractivity contribution in [1.29, 1.82) is 0 Å². The standard InChI is InChI=1S/C9H11NO/c10-8-5-9(11)7-4-2-1-3-6(7)8/h1-4,8-9,11H,5,10H2/t8-,9?/m1/s1. The van der Waals surface area contributed by atoms with Crippen LogP contribution in [0.4, 0.5) is 0 Å². The number of rotatable bonds is 0. The summed E-state index contributed by atoms with van der Waals surface area (Å²) in [7, 11) is 0. The van der Waals surface area contributed by atoms with Gasteiger partial charge in [-0.15, -0.1) is 0 Å². The second-order valence-electron chi connectivity index (χ2n) is 2.99. The van der Waals surface area contributed by atoms with Crippen LogP contribution in [0.5, 0.6) is 0 Å². The summed E-state index contributed by atoms with van der Waals surface area (Å²) in [5.41, 5.74) is 7.87. The number of nitrogens with two attached hydrogens (primary N) is 1. The number of aliphatic hydroxyl groups is 1. The van der Waals surface area contributed by atoms with E-state index in [0.29, 0.717) is 6.42 Å². The molecule has 2 nitrogen and oxygen atoms in total. The maximum absolute atomic E-state index is 9.47. The zero-order valence-electron chi connectivity index (χ0n) is 6.20. The Morgan fingerprint density at radius 1 is 1.27 bits per heavy atom. The number of hydrogen-bond acceptors (Lipinski definition) is 2. The fourth-order valence-electron chi connectivity index (χ4n) is 1.65. The van der Waals surface area contributed by atoms with Gasteiger partial charge >= 0.3 is 0 Å². The molecule has 58 valence electrons. The first-order valence-electron chi connectivity index (χ1n) is 3.81. The van der Waals surface area contributed by atoms with E-state index < -0.39 is 0 Å². The van der Waals surface area contributed by atoms with Gasteiger partial charge in [0.15, 0.2) is 0 Å². The molecule has 1 aromatic rings. The first kappa shape index (κ1) is 6.83. The molecule has 0 amide bonds. The molecule has 3 N–H and O–H groups in total. The normalized spacial score (nSPS) is 28.5. The Balaban J connectivity index is 2.52. The van der Waals surface area contributed by atoms with E-state index in [0.717, 1.165) is 11.1 Å². The van der Waals surface area contributed by atoms with Gasteiger partial charge in [0.25, 0.3) is 0 Å². The molecular formula is C9H11NO. The van der Waals surface area contributed by atoms with Crippen molar-refractivity contribution in [3.05, 3.63) is 35.4 Å². The third-order valence-electron chi connectivity index (χ3n) is 2.23. The van der Waals surface area contributed by atoms with Crippen LogP contribution in [-0.2, 0) is 0 Å². The van der Waals surface area contributed by atoms with Crippen LogP contribution in [0.25, 0.3) is 0 Å². The molecule has 2 rings (SSSR count). The SMILES string of the molecule is N[C@@H]1CC(O)c2ccccc21. The largest absolute Gasteiger partial charge is 0.388 e. The number of fused-ring (bicyclic) bond motifs is 1. The quantitative estimate of drug-likeness (QED) is 0.580. The Morgan fingerprint density at radius 3 is 2.55 bits per heavy atom. The zero-order chi connectivity index (χ0) is 7.84. The summed E-state index contributed by atoms with van der Waals surface area (Å²) in [4.78, 5) is 0. The molecule has 0 fully saturated rings. The summed E-state index contributed by atoms with van der Waals surface area (Å²) in [6.45, 7) is 0. The van der Waals surface area contributed by atoms with Gasteiger partial charge in [-0.2, -0.15) is 0 Å². The van der Waals surface area contributed by atoms with Gasteiger partial charge in [0.05, 0.1) is 6.10 Å². The smallest absolute Gasteiger partial charge is 0.0811 e. The van der Waals surface area contributed by atoms with Crippen molar-refractivity contribution >= 4 is 0 Å². The molecule has 0 saturated heterocycles. The Kier molecular flexibility index (Phi) is 1.44. The summed E-state index contributed by atoms with van der Waals surface area (Å²) in [5.74, 6) is 0. The summed E-state index contributed by atoms with van der Waals surface area (Å²) in [5, 5.41) is 9.47. The summed E-state index contributed by atoms with van der Waals surface area (Å²) in [6.07, 6.45) is 0.320. The molecule has 0 spiro atoms. The topological polar surface area (TPSA) is 46.2 Å². The van der Waals surface area contributed by atoms with Crippen LogP contribution in [0.1, 0.15) is 29.7 Å². The molecule has 0 saturated carbocycles. The van der Waals surface area contributed by atoms with Crippen molar-refractivity contribution in [2.24, 2.45) is 5.73 Å². The molecule has 2 atom stereocenters. The highest BCUT2D eigenvalue weighted by Crippen LogP contribution is 2.36. The number of aliphatic hydroxyl groups excluding tert-OH is 1. The van der Waals surface area contributed by atoms with Gasteiger partial charge < -0.3 is 10.8 Å². The molecule has 0 aliphatic heterocycles. The fraction of sp³-hybridized carbons (Fsp3) is 0.333. The van der Waals surface area contributed by atoms with E-state index in [1.807, 2.05) is 24.3 Å². The Morgan fingerprint density at radius 2 is 1.91 bits per heavy atom. The first-order valence-corrected chi connectivity index (χ1v) is 3.81. The molecule has 1 aliphatic carbocycles. The Bertz CT molecular complexity index is 245. The predicted octanol–water partition coefficient (Wildman–Crippen LogP) is 1.12. The van der Waals surface area contributed by atoms with Crippen molar-refractivity contribution in [3.8, 4) is 0 Å². The lowest BCUT2D eigenvalue weighted by atomic mass is 10.1. The van der Waals surface area contributed by atoms with E-state index in [1.165, 1.54) is 0 Å². The van der Waals surface area contributed by atoms with Crippen LogP contribution in [0.2, 0.25) is 0 Å². The second kappa shape index (κ2) is 2.32. The molecule has 0 aromatic heterocycles. The highest BCUT2D eigenvalue weighted by molar-refractivity contribution is 5.35. The lowest BCUT2D eigenvalue weighted by Gasteiger charge is -2.01. The van der Waals surface area contributed by atoms with E-state index in [9.17, 15) is 5.11 Å². The molecule has 1 aliphatic rings. The van der Waals surface area contributed by atoms with Crippen molar-refractivity contribution in [3.63, 3.8) is 0 Å². The van der Waals surface area contributed by atoms with Gasteiger partial charge in [0.2, 0.25) is 0 Å². The van der Waals surface area contributed by atoms with Crippen molar-refractivity contribution in [2.75, 3.05) is 0 Å². The van der Waals surface area contributed by atoms with Crippen LogP contribution in [0.3, 0.4) is 0 Å². The fourth-order valence-corrected chi connectivity index (χ4v) is 1.65. The molecule has 1 aromatic carbocycles. The lowest BCUT2D eigenvalue weighted by molar-refractivity contribution is 0.173. The highest BCUT2D eigenvalue weighted by atomic mass is 16.3. The van der Waals surface area contributed by atoms with Gasteiger partial charge in [-0.05, 0) is 17.5 Å². The average molecular weight is 149 g/mol. The van der Waals surface area contributed by atoms with Crippen LogP contribution in [0.15, 0.2) is 24.3 Å². The Labute approximate surface area is 65.7 Å². The molecule has 2 heteroatoms. The average Bonchev–Trinajstić information content (AvgIpc) is 2.30. The lowest BCUT2D eigenvalue weighted by Crippen LogP contribution is -2.05. The molecule has 0 heterocycles. The Hall–Kier alpha value is -0.860. The number of hydrogen-bond donors (Lipinski definition) is 2. The van der Waals surface area contributed by atoms with Crippen LogP contribution >= 0.6 is 0 Å². The van der Waals surface area contributed by atoms with E-state index in [1.54, 1.807) is 0 Å². The molecule has 0 bridgehead atoms. The second-order valence-corrected chi connectivity index (χ2v) is 2.99. The van der Waals surface area contributed by atoms with Crippen molar-refractivity contribution < 1.29 is 5.11 Å². The minimum atomic E-state index is -0.346. The van der Waals surface area contributed by atoms with Crippen molar-refractivity contribution in [1.82, 2.24) is 0 Å². The van der Waals surface area contributed by atoms with Crippen LogP contribution in [0, 0.1) is 0 Å². The monoisotopic (exact) mass is 149 g/mol. The zero-order valence-corrected chi connectivity index (χ0v) is 6.20. The third kappa shape index (κ3) is 0.951.